The lowest BCUT2D eigenvalue weighted by Crippen LogP contribution is -2.21. The fraction of sp³-hybridized carbons (Fsp3) is 0.100. The number of fused-ring (bicyclic) bond motifs is 1. The van der Waals surface area contributed by atoms with Crippen molar-refractivity contribution in [3.63, 3.8) is 0 Å². The molecule has 1 aliphatic rings. The Morgan fingerprint density at radius 1 is 1.12 bits per heavy atom. The highest BCUT2D eigenvalue weighted by Gasteiger charge is 2.20. The minimum Gasteiger partial charge on any atom is -0.342 e. The minimum atomic E-state index is -0.194. The van der Waals surface area contributed by atoms with Gasteiger partial charge in [0.15, 0.2) is 5.11 Å². The van der Waals surface area contributed by atoms with Gasteiger partial charge in [-0.2, -0.15) is 0 Å². The van der Waals surface area contributed by atoms with Gasteiger partial charge in [-0.05, 0) is 36.8 Å². The van der Waals surface area contributed by atoms with Crippen LogP contribution >= 0.6 is 12.2 Å². The van der Waals surface area contributed by atoms with Crippen LogP contribution in [0.5, 0.6) is 0 Å². The molecular formula is C20H17N3OS. The third-order valence-electron chi connectivity index (χ3n) is 4.27. The first-order chi connectivity index (χ1) is 12.1. The molecule has 0 unspecified atom stereocenters. The summed E-state index contributed by atoms with van der Waals surface area (Å²) in [6.07, 6.45) is 3.93. The number of rotatable bonds is 3. The maximum Gasteiger partial charge on any atom is 0.273 e. The van der Waals surface area contributed by atoms with Gasteiger partial charge < -0.3 is 9.88 Å². The molecule has 1 aliphatic heterocycles. The van der Waals surface area contributed by atoms with E-state index >= 15 is 0 Å². The molecular weight excluding hydrogens is 330 g/mol. The molecule has 2 heterocycles. The second-order valence-electron chi connectivity index (χ2n) is 6.18. The molecule has 4 rings (SSSR count). The van der Waals surface area contributed by atoms with Gasteiger partial charge >= 0.3 is 0 Å². The van der Waals surface area contributed by atoms with Crippen molar-refractivity contribution in [3.8, 4) is 0 Å². The van der Waals surface area contributed by atoms with Crippen LogP contribution in [0.3, 0.4) is 0 Å². The molecule has 124 valence electrons. The molecule has 0 atom stereocenters. The highest BCUT2D eigenvalue weighted by Crippen LogP contribution is 2.25. The number of amides is 1. The van der Waals surface area contributed by atoms with Gasteiger partial charge in [-0.3, -0.25) is 10.1 Å². The van der Waals surface area contributed by atoms with Crippen LogP contribution in [0.4, 0.5) is 0 Å². The topological polar surface area (TPSA) is 46.1 Å². The van der Waals surface area contributed by atoms with E-state index in [1.165, 1.54) is 11.1 Å². The average Bonchev–Trinajstić information content (AvgIpc) is 3.08. The Labute approximate surface area is 151 Å². The van der Waals surface area contributed by atoms with Gasteiger partial charge in [0.1, 0.15) is 5.70 Å². The van der Waals surface area contributed by atoms with Crippen molar-refractivity contribution < 1.29 is 4.79 Å². The van der Waals surface area contributed by atoms with Crippen molar-refractivity contribution in [2.75, 3.05) is 0 Å². The zero-order valence-corrected chi connectivity index (χ0v) is 14.6. The quantitative estimate of drug-likeness (QED) is 0.564. The summed E-state index contributed by atoms with van der Waals surface area (Å²) < 4.78 is 2.21. The van der Waals surface area contributed by atoms with Gasteiger partial charge in [0, 0.05) is 29.2 Å². The van der Waals surface area contributed by atoms with Crippen molar-refractivity contribution in [1.29, 1.82) is 0 Å². The number of para-hydroxylation sites is 1. The predicted octanol–water partition coefficient (Wildman–Crippen LogP) is 3.34. The molecule has 2 N–H and O–H groups in total. The Bertz CT molecular complexity index is 1030. The Kier molecular flexibility index (Phi) is 3.86. The summed E-state index contributed by atoms with van der Waals surface area (Å²) in [6.45, 7) is 2.88. The Morgan fingerprint density at radius 3 is 2.72 bits per heavy atom. The number of hydrogen-bond donors (Lipinski definition) is 2. The number of hydrogen-bond acceptors (Lipinski definition) is 2. The van der Waals surface area contributed by atoms with Crippen LogP contribution in [0, 0.1) is 6.92 Å². The van der Waals surface area contributed by atoms with Crippen LogP contribution in [0.1, 0.15) is 16.7 Å². The van der Waals surface area contributed by atoms with Gasteiger partial charge in [0.05, 0.1) is 0 Å². The van der Waals surface area contributed by atoms with Crippen molar-refractivity contribution in [2.24, 2.45) is 0 Å². The summed E-state index contributed by atoms with van der Waals surface area (Å²) in [5.74, 6) is -0.194. The maximum atomic E-state index is 11.9. The lowest BCUT2D eigenvalue weighted by atomic mass is 10.1. The molecule has 1 aromatic heterocycles. The van der Waals surface area contributed by atoms with Crippen LogP contribution in [0.15, 0.2) is 60.4 Å². The Morgan fingerprint density at radius 2 is 1.96 bits per heavy atom. The summed E-state index contributed by atoms with van der Waals surface area (Å²) in [7, 11) is 0. The SMILES string of the molecule is Cc1cccc(Cn2cc(/C=C3/NC(=S)NC3=O)c3ccccc32)c1. The van der Waals surface area contributed by atoms with E-state index in [-0.39, 0.29) is 5.91 Å². The number of benzene rings is 2. The standard InChI is InChI=1S/C20H17N3OS/c1-13-5-4-6-14(9-13)11-23-12-15(16-7-2-3-8-18(16)23)10-17-19(24)22-20(25)21-17/h2-10,12H,11H2,1H3,(H2,21,22,24,25)/b17-10+. The third kappa shape index (κ3) is 3.06. The summed E-state index contributed by atoms with van der Waals surface area (Å²) >= 11 is 5.00. The first kappa shape index (κ1) is 15.6. The van der Waals surface area contributed by atoms with E-state index in [0.29, 0.717) is 10.8 Å². The number of nitrogens with one attached hydrogen (secondary N) is 2. The second kappa shape index (κ2) is 6.18. The molecule has 25 heavy (non-hydrogen) atoms. The molecule has 0 spiro atoms. The maximum absolute atomic E-state index is 11.9. The Balaban J connectivity index is 1.78. The van der Waals surface area contributed by atoms with Gasteiger partial charge in [0.2, 0.25) is 0 Å². The van der Waals surface area contributed by atoms with E-state index in [2.05, 4.69) is 64.7 Å². The van der Waals surface area contributed by atoms with Gasteiger partial charge in [0.25, 0.3) is 5.91 Å². The minimum absolute atomic E-state index is 0.194. The number of thiocarbonyl (C=S) groups is 1. The molecule has 0 saturated carbocycles. The largest absolute Gasteiger partial charge is 0.342 e. The monoisotopic (exact) mass is 347 g/mol. The molecule has 5 heteroatoms. The van der Waals surface area contributed by atoms with E-state index in [9.17, 15) is 4.79 Å². The van der Waals surface area contributed by atoms with Crippen LogP contribution in [-0.4, -0.2) is 15.6 Å². The zero-order chi connectivity index (χ0) is 17.4. The van der Waals surface area contributed by atoms with E-state index in [1.807, 2.05) is 18.2 Å². The van der Waals surface area contributed by atoms with Crippen molar-refractivity contribution >= 4 is 40.2 Å². The van der Waals surface area contributed by atoms with E-state index < -0.39 is 0 Å². The molecule has 1 amide bonds. The van der Waals surface area contributed by atoms with E-state index in [0.717, 1.165) is 23.0 Å². The predicted molar refractivity (Wildman–Crippen MR) is 104 cm³/mol. The number of carbonyl (C=O) groups excluding carboxylic acids is 1. The normalized spacial score (nSPS) is 15.6. The fourth-order valence-corrected chi connectivity index (χ4v) is 3.37. The van der Waals surface area contributed by atoms with Crippen LogP contribution in [0.25, 0.3) is 17.0 Å². The zero-order valence-electron chi connectivity index (χ0n) is 13.7. The molecule has 1 saturated heterocycles. The van der Waals surface area contributed by atoms with Crippen LogP contribution < -0.4 is 10.6 Å². The molecule has 4 nitrogen and oxygen atoms in total. The second-order valence-corrected chi connectivity index (χ2v) is 6.59. The average molecular weight is 347 g/mol. The summed E-state index contributed by atoms with van der Waals surface area (Å²) in [5.41, 5.74) is 5.10. The molecule has 3 aromatic rings. The van der Waals surface area contributed by atoms with Crippen molar-refractivity contribution in [1.82, 2.24) is 15.2 Å². The van der Waals surface area contributed by atoms with E-state index in [4.69, 9.17) is 12.2 Å². The highest BCUT2D eigenvalue weighted by molar-refractivity contribution is 7.80. The fourth-order valence-electron chi connectivity index (χ4n) is 3.17. The molecule has 0 bridgehead atoms. The first-order valence-corrected chi connectivity index (χ1v) is 8.48. The van der Waals surface area contributed by atoms with Crippen LogP contribution in [-0.2, 0) is 11.3 Å². The number of aryl methyl sites for hydroxylation is 1. The summed E-state index contributed by atoms with van der Waals surface area (Å²) in [4.78, 5) is 11.9. The molecule has 2 aromatic carbocycles. The third-order valence-corrected chi connectivity index (χ3v) is 4.48. The first-order valence-electron chi connectivity index (χ1n) is 8.07. The number of nitrogens with zero attached hydrogens (tertiary/aromatic N) is 1. The lowest BCUT2D eigenvalue weighted by Gasteiger charge is -2.06. The van der Waals surface area contributed by atoms with Gasteiger partial charge in [-0.1, -0.05) is 48.0 Å². The van der Waals surface area contributed by atoms with Crippen LogP contribution in [0.2, 0.25) is 0 Å². The lowest BCUT2D eigenvalue weighted by molar-refractivity contribution is -0.115. The molecule has 0 aliphatic carbocycles. The summed E-state index contributed by atoms with van der Waals surface area (Å²) in [6, 6.07) is 16.7. The smallest absolute Gasteiger partial charge is 0.273 e. The molecule has 0 radical (unpaired) electrons. The molecule has 1 fully saturated rings. The number of carbonyl (C=O) groups is 1. The van der Waals surface area contributed by atoms with Gasteiger partial charge in [-0.15, -0.1) is 0 Å². The summed E-state index contributed by atoms with van der Waals surface area (Å²) in [5, 5.41) is 6.95. The highest BCUT2D eigenvalue weighted by atomic mass is 32.1. The number of aromatic nitrogens is 1. The van der Waals surface area contributed by atoms with Gasteiger partial charge in [-0.25, -0.2) is 0 Å². The van der Waals surface area contributed by atoms with Crippen molar-refractivity contribution in [2.45, 2.75) is 13.5 Å². The van der Waals surface area contributed by atoms with E-state index in [1.54, 1.807) is 0 Å². The Hall–Kier alpha value is -2.92. The van der Waals surface area contributed by atoms with Crippen molar-refractivity contribution in [3.05, 3.63) is 77.1 Å².